The SMILES string of the molecule is Nc1nc2c(Cl)cc3c(c2s1)CCCC3. The molecule has 2 aromatic rings. The molecule has 0 saturated carbocycles. The third-order valence-corrected chi connectivity index (χ3v) is 4.19. The fourth-order valence-corrected chi connectivity index (χ4v) is 3.55. The van der Waals surface area contributed by atoms with E-state index in [1.165, 1.54) is 28.7 Å². The number of nitrogen functional groups attached to an aromatic ring is 1. The third kappa shape index (κ3) is 1.42. The van der Waals surface area contributed by atoms with Gasteiger partial charge in [-0.25, -0.2) is 4.98 Å². The summed E-state index contributed by atoms with van der Waals surface area (Å²) in [7, 11) is 0. The summed E-state index contributed by atoms with van der Waals surface area (Å²) in [6.07, 6.45) is 4.82. The van der Waals surface area contributed by atoms with Crippen LogP contribution in [0, 0.1) is 0 Å². The lowest BCUT2D eigenvalue weighted by molar-refractivity contribution is 0.690. The smallest absolute Gasteiger partial charge is 0.181 e. The lowest BCUT2D eigenvalue weighted by Gasteiger charge is -2.16. The molecule has 15 heavy (non-hydrogen) atoms. The number of hydrogen-bond acceptors (Lipinski definition) is 3. The Morgan fingerprint density at radius 3 is 3.00 bits per heavy atom. The van der Waals surface area contributed by atoms with Gasteiger partial charge in [0.1, 0.15) is 5.52 Å². The van der Waals surface area contributed by atoms with Crippen LogP contribution in [0.5, 0.6) is 0 Å². The van der Waals surface area contributed by atoms with Crippen LogP contribution >= 0.6 is 22.9 Å². The van der Waals surface area contributed by atoms with Crippen molar-refractivity contribution in [3.05, 3.63) is 22.2 Å². The number of halogens is 1. The van der Waals surface area contributed by atoms with E-state index in [1.54, 1.807) is 11.3 Å². The van der Waals surface area contributed by atoms with Crippen molar-refractivity contribution in [2.24, 2.45) is 0 Å². The highest BCUT2D eigenvalue weighted by Gasteiger charge is 2.17. The Morgan fingerprint density at radius 2 is 2.13 bits per heavy atom. The predicted molar refractivity (Wildman–Crippen MR) is 65.7 cm³/mol. The van der Waals surface area contributed by atoms with Crippen molar-refractivity contribution < 1.29 is 0 Å². The summed E-state index contributed by atoms with van der Waals surface area (Å²) in [5.41, 5.74) is 9.45. The molecule has 1 aliphatic rings. The molecule has 2 N–H and O–H groups in total. The molecule has 0 bridgehead atoms. The van der Waals surface area contributed by atoms with Gasteiger partial charge in [-0.2, -0.15) is 0 Å². The number of nitrogens with zero attached hydrogens (tertiary/aromatic N) is 1. The van der Waals surface area contributed by atoms with Gasteiger partial charge in [-0.05, 0) is 42.9 Å². The van der Waals surface area contributed by atoms with Crippen LogP contribution in [-0.4, -0.2) is 4.98 Å². The maximum atomic E-state index is 6.20. The number of fused-ring (bicyclic) bond motifs is 3. The van der Waals surface area contributed by atoms with E-state index in [2.05, 4.69) is 11.1 Å². The Balaban J connectivity index is 2.38. The van der Waals surface area contributed by atoms with Crippen LogP contribution in [0.4, 0.5) is 5.13 Å². The Kier molecular flexibility index (Phi) is 2.11. The van der Waals surface area contributed by atoms with Crippen LogP contribution < -0.4 is 5.73 Å². The minimum atomic E-state index is 0.617. The van der Waals surface area contributed by atoms with E-state index in [9.17, 15) is 0 Å². The van der Waals surface area contributed by atoms with Crippen LogP contribution in [0.1, 0.15) is 24.0 Å². The number of rotatable bonds is 0. The van der Waals surface area contributed by atoms with Gasteiger partial charge in [0.05, 0.1) is 9.72 Å². The fourth-order valence-electron chi connectivity index (χ4n) is 2.27. The van der Waals surface area contributed by atoms with Crippen LogP contribution in [0.3, 0.4) is 0 Å². The highest BCUT2D eigenvalue weighted by Crippen LogP contribution is 2.37. The molecule has 0 unspecified atom stereocenters. The molecule has 0 amide bonds. The summed E-state index contributed by atoms with van der Waals surface area (Å²) in [5.74, 6) is 0. The maximum Gasteiger partial charge on any atom is 0.181 e. The van der Waals surface area contributed by atoms with Gasteiger partial charge in [0.25, 0.3) is 0 Å². The van der Waals surface area contributed by atoms with Gasteiger partial charge in [0, 0.05) is 0 Å². The lowest BCUT2D eigenvalue weighted by Crippen LogP contribution is -2.02. The number of nitrogens with two attached hydrogens (primary N) is 1. The number of aromatic nitrogens is 1. The predicted octanol–water partition coefficient (Wildman–Crippen LogP) is 3.41. The molecule has 2 nitrogen and oxygen atoms in total. The van der Waals surface area contributed by atoms with E-state index in [0.29, 0.717) is 5.13 Å². The lowest BCUT2D eigenvalue weighted by atomic mass is 9.91. The first-order valence-electron chi connectivity index (χ1n) is 5.12. The van der Waals surface area contributed by atoms with Gasteiger partial charge in [-0.1, -0.05) is 22.9 Å². The Labute approximate surface area is 97.1 Å². The standard InChI is InChI=1S/C11H11ClN2S/c12-8-5-6-3-1-2-4-7(6)10-9(8)14-11(13)15-10/h5H,1-4H2,(H2,13,14). The zero-order valence-electron chi connectivity index (χ0n) is 8.22. The summed E-state index contributed by atoms with van der Waals surface area (Å²) in [6.45, 7) is 0. The minimum Gasteiger partial charge on any atom is -0.375 e. The average Bonchev–Trinajstić information content (AvgIpc) is 2.61. The number of anilines is 1. The number of hydrogen-bond donors (Lipinski definition) is 1. The molecule has 1 aromatic carbocycles. The van der Waals surface area contributed by atoms with E-state index >= 15 is 0 Å². The molecule has 0 saturated heterocycles. The molecule has 1 aliphatic carbocycles. The molecule has 1 heterocycles. The van der Waals surface area contributed by atoms with Crippen LogP contribution in [0.25, 0.3) is 10.2 Å². The molecule has 3 rings (SSSR count). The van der Waals surface area contributed by atoms with Gasteiger partial charge in [0.15, 0.2) is 5.13 Å². The van der Waals surface area contributed by atoms with Gasteiger partial charge in [-0.3, -0.25) is 0 Å². The minimum absolute atomic E-state index is 0.617. The number of thiazole rings is 1. The summed E-state index contributed by atoms with van der Waals surface area (Å²) >= 11 is 7.76. The van der Waals surface area contributed by atoms with Gasteiger partial charge in [0.2, 0.25) is 0 Å². The zero-order valence-corrected chi connectivity index (χ0v) is 9.79. The van der Waals surface area contributed by atoms with Crippen molar-refractivity contribution in [3.63, 3.8) is 0 Å². The third-order valence-electron chi connectivity index (χ3n) is 2.96. The largest absolute Gasteiger partial charge is 0.375 e. The quantitative estimate of drug-likeness (QED) is 0.764. The normalized spacial score (nSPS) is 15.5. The Morgan fingerprint density at radius 1 is 1.33 bits per heavy atom. The summed E-state index contributed by atoms with van der Waals surface area (Å²) in [6, 6.07) is 2.07. The summed E-state index contributed by atoms with van der Waals surface area (Å²) < 4.78 is 1.20. The van der Waals surface area contributed by atoms with E-state index in [0.717, 1.165) is 23.4 Å². The van der Waals surface area contributed by atoms with E-state index in [4.69, 9.17) is 17.3 Å². The molecule has 0 fully saturated rings. The second-order valence-electron chi connectivity index (χ2n) is 3.93. The summed E-state index contributed by atoms with van der Waals surface area (Å²) in [5, 5.41) is 1.37. The Bertz CT molecular complexity index is 533. The van der Waals surface area contributed by atoms with E-state index in [1.807, 2.05) is 0 Å². The summed E-state index contributed by atoms with van der Waals surface area (Å²) in [4.78, 5) is 4.29. The first-order chi connectivity index (χ1) is 7.25. The second-order valence-corrected chi connectivity index (χ2v) is 5.37. The second kappa shape index (κ2) is 3.35. The number of benzene rings is 1. The molecule has 0 radical (unpaired) electrons. The van der Waals surface area contributed by atoms with Gasteiger partial charge >= 0.3 is 0 Å². The number of aryl methyl sites for hydroxylation is 2. The van der Waals surface area contributed by atoms with Crippen molar-refractivity contribution in [1.29, 1.82) is 0 Å². The maximum absolute atomic E-state index is 6.20. The van der Waals surface area contributed by atoms with Crippen LogP contribution in [0.2, 0.25) is 5.02 Å². The monoisotopic (exact) mass is 238 g/mol. The highest BCUT2D eigenvalue weighted by molar-refractivity contribution is 7.22. The van der Waals surface area contributed by atoms with Crippen molar-refractivity contribution >= 4 is 38.3 Å². The molecule has 0 atom stereocenters. The molecule has 0 spiro atoms. The van der Waals surface area contributed by atoms with Crippen molar-refractivity contribution in [2.45, 2.75) is 25.7 Å². The topological polar surface area (TPSA) is 38.9 Å². The van der Waals surface area contributed by atoms with Gasteiger partial charge < -0.3 is 5.73 Å². The van der Waals surface area contributed by atoms with E-state index in [-0.39, 0.29) is 0 Å². The van der Waals surface area contributed by atoms with E-state index < -0.39 is 0 Å². The fraction of sp³-hybridized carbons (Fsp3) is 0.364. The molecule has 4 heteroatoms. The molecule has 1 aromatic heterocycles. The van der Waals surface area contributed by atoms with Crippen molar-refractivity contribution in [2.75, 3.05) is 5.73 Å². The zero-order chi connectivity index (χ0) is 10.4. The van der Waals surface area contributed by atoms with Crippen molar-refractivity contribution in [3.8, 4) is 0 Å². The van der Waals surface area contributed by atoms with Crippen molar-refractivity contribution in [1.82, 2.24) is 4.98 Å². The molecule has 78 valence electrons. The van der Waals surface area contributed by atoms with Crippen LogP contribution in [-0.2, 0) is 12.8 Å². The molecular weight excluding hydrogens is 228 g/mol. The first kappa shape index (κ1) is 9.43. The Hall–Kier alpha value is -0.800. The van der Waals surface area contributed by atoms with Gasteiger partial charge in [-0.15, -0.1) is 0 Å². The average molecular weight is 239 g/mol. The first-order valence-corrected chi connectivity index (χ1v) is 6.31. The molecule has 0 aliphatic heterocycles. The van der Waals surface area contributed by atoms with Crippen LogP contribution in [0.15, 0.2) is 6.07 Å². The molecular formula is C11H11ClN2S. The highest BCUT2D eigenvalue weighted by atomic mass is 35.5.